The highest BCUT2D eigenvalue weighted by molar-refractivity contribution is 7.89. The molecule has 7 nitrogen and oxygen atoms in total. The van der Waals surface area contributed by atoms with Gasteiger partial charge >= 0.3 is 0 Å². The number of amides is 1. The van der Waals surface area contributed by atoms with Crippen LogP contribution in [-0.2, 0) is 10.0 Å². The van der Waals surface area contributed by atoms with E-state index in [1.807, 2.05) is 36.4 Å². The highest BCUT2D eigenvalue weighted by atomic mass is 32.2. The van der Waals surface area contributed by atoms with Gasteiger partial charge in [0, 0.05) is 29.9 Å². The average Bonchev–Trinajstić information content (AvgIpc) is 3.58. The Morgan fingerprint density at radius 1 is 0.912 bits per heavy atom. The zero-order chi connectivity index (χ0) is 23.5. The number of carbonyl (C=O) groups excluding carboxylic acids is 1. The van der Waals surface area contributed by atoms with Crippen molar-refractivity contribution in [1.82, 2.24) is 9.29 Å². The van der Waals surface area contributed by atoms with E-state index >= 15 is 0 Å². The van der Waals surface area contributed by atoms with E-state index in [1.165, 1.54) is 10.4 Å². The lowest BCUT2D eigenvalue weighted by atomic mass is 10.1. The van der Waals surface area contributed by atoms with Crippen molar-refractivity contribution in [3.05, 3.63) is 90.6 Å². The molecule has 0 spiro atoms. The van der Waals surface area contributed by atoms with Crippen molar-refractivity contribution in [2.45, 2.75) is 17.7 Å². The Labute approximate surface area is 198 Å². The molecule has 0 saturated carbocycles. The number of aromatic nitrogens is 1. The minimum absolute atomic E-state index is 0.167. The van der Waals surface area contributed by atoms with Crippen molar-refractivity contribution in [1.29, 1.82) is 0 Å². The molecule has 2 heterocycles. The molecule has 1 aliphatic rings. The number of rotatable bonds is 6. The minimum atomic E-state index is -3.58. The van der Waals surface area contributed by atoms with Crippen LogP contribution in [-0.4, -0.2) is 36.7 Å². The van der Waals surface area contributed by atoms with E-state index in [0.717, 1.165) is 18.4 Å². The molecule has 1 fully saturated rings. The number of hydrogen-bond donors (Lipinski definition) is 1. The molecular formula is C26H23N3O4S. The van der Waals surface area contributed by atoms with Gasteiger partial charge in [0.1, 0.15) is 0 Å². The van der Waals surface area contributed by atoms with Gasteiger partial charge in [0.05, 0.1) is 16.7 Å². The molecule has 0 aliphatic carbocycles. The molecule has 1 aliphatic heterocycles. The van der Waals surface area contributed by atoms with Crippen molar-refractivity contribution in [3.8, 4) is 22.8 Å². The van der Waals surface area contributed by atoms with E-state index in [4.69, 9.17) is 4.42 Å². The minimum Gasteiger partial charge on any atom is -0.436 e. The van der Waals surface area contributed by atoms with E-state index in [9.17, 15) is 13.2 Å². The van der Waals surface area contributed by atoms with E-state index in [2.05, 4.69) is 10.3 Å². The molecule has 1 N–H and O–H groups in total. The van der Waals surface area contributed by atoms with Crippen LogP contribution < -0.4 is 5.32 Å². The van der Waals surface area contributed by atoms with Crippen LogP contribution in [0.5, 0.6) is 0 Å². The quantitative estimate of drug-likeness (QED) is 0.423. The first-order valence-electron chi connectivity index (χ1n) is 11.0. The maximum absolute atomic E-state index is 13.2. The molecule has 0 unspecified atom stereocenters. The number of benzene rings is 3. The Morgan fingerprint density at radius 2 is 1.65 bits per heavy atom. The summed E-state index contributed by atoms with van der Waals surface area (Å²) in [5.74, 6) is 0.548. The SMILES string of the molecule is O=C(Nc1cccc(S(=O)(=O)N2CCCC2)c1)c1ccccc1-c1ncc(-c2ccccc2)o1. The van der Waals surface area contributed by atoms with Gasteiger partial charge < -0.3 is 9.73 Å². The molecular weight excluding hydrogens is 450 g/mol. The summed E-state index contributed by atoms with van der Waals surface area (Å²) in [7, 11) is -3.58. The van der Waals surface area contributed by atoms with Crippen LogP contribution in [0.3, 0.4) is 0 Å². The molecule has 3 aromatic carbocycles. The fourth-order valence-electron chi connectivity index (χ4n) is 4.01. The zero-order valence-electron chi connectivity index (χ0n) is 18.3. The summed E-state index contributed by atoms with van der Waals surface area (Å²) in [5, 5.41) is 2.82. The van der Waals surface area contributed by atoms with Crippen LogP contribution in [0.1, 0.15) is 23.2 Å². The molecule has 1 amide bonds. The lowest BCUT2D eigenvalue weighted by Gasteiger charge is -2.16. The lowest BCUT2D eigenvalue weighted by Crippen LogP contribution is -2.27. The average molecular weight is 474 g/mol. The second-order valence-electron chi connectivity index (χ2n) is 8.03. The smallest absolute Gasteiger partial charge is 0.256 e. The highest BCUT2D eigenvalue weighted by Crippen LogP contribution is 2.29. The number of anilines is 1. The number of carbonyl (C=O) groups is 1. The Bertz CT molecular complexity index is 1430. The summed E-state index contributed by atoms with van der Waals surface area (Å²) < 4.78 is 33.2. The van der Waals surface area contributed by atoms with Gasteiger partial charge in [0.25, 0.3) is 5.91 Å². The summed E-state index contributed by atoms with van der Waals surface area (Å²) in [5.41, 5.74) is 2.21. The molecule has 1 aromatic heterocycles. The molecule has 0 radical (unpaired) electrons. The third kappa shape index (κ3) is 4.37. The highest BCUT2D eigenvalue weighted by Gasteiger charge is 2.27. The first kappa shape index (κ1) is 22.1. The Balaban J connectivity index is 1.40. The van der Waals surface area contributed by atoms with Gasteiger partial charge in [-0.3, -0.25) is 4.79 Å². The fourth-order valence-corrected chi connectivity index (χ4v) is 5.58. The second-order valence-corrected chi connectivity index (χ2v) is 9.97. The normalized spacial score (nSPS) is 14.2. The molecule has 172 valence electrons. The van der Waals surface area contributed by atoms with Gasteiger partial charge in [0.2, 0.25) is 15.9 Å². The lowest BCUT2D eigenvalue weighted by molar-refractivity contribution is 0.102. The van der Waals surface area contributed by atoms with Crippen LogP contribution in [0, 0.1) is 0 Å². The number of oxazole rings is 1. The van der Waals surface area contributed by atoms with Gasteiger partial charge in [0.15, 0.2) is 5.76 Å². The van der Waals surface area contributed by atoms with E-state index < -0.39 is 10.0 Å². The largest absolute Gasteiger partial charge is 0.436 e. The summed E-state index contributed by atoms with van der Waals surface area (Å²) in [6.45, 7) is 1.04. The Kier molecular flexibility index (Phi) is 6.00. The van der Waals surface area contributed by atoms with Crippen molar-refractivity contribution < 1.29 is 17.6 Å². The first-order chi connectivity index (χ1) is 16.5. The number of nitrogens with one attached hydrogen (secondary N) is 1. The summed E-state index contributed by atoms with van der Waals surface area (Å²) >= 11 is 0. The summed E-state index contributed by atoms with van der Waals surface area (Å²) in [4.78, 5) is 17.7. The van der Waals surface area contributed by atoms with Crippen LogP contribution in [0.25, 0.3) is 22.8 Å². The number of sulfonamides is 1. The van der Waals surface area contributed by atoms with Gasteiger partial charge in [-0.05, 0) is 43.2 Å². The van der Waals surface area contributed by atoms with Crippen LogP contribution >= 0.6 is 0 Å². The fraction of sp³-hybridized carbons (Fsp3) is 0.154. The summed E-state index contributed by atoms with van der Waals surface area (Å²) in [6.07, 6.45) is 3.35. The maximum atomic E-state index is 13.2. The number of hydrogen-bond acceptors (Lipinski definition) is 5. The predicted octanol–water partition coefficient (Wildman–Crippen LogP) is 5.05. The predicted molar refractivity (Wildman–Crippen MR) is 130 cm³/mol. The van der Waals surface area contributed by atoms with Gasteiger partial charge in [-0.15, -0.1) is 0 Å². The second kappa shape index (κ2) is 9.24. The van der Waals surface area contributed by atoms with Crippen molar-refractivity contribution in [3.63, 3.8) is 0 Å². The Morgan fingerprint density at radius 3 is 2.44 bits per heavy atom. The monoisotopic (exact) mass is 473 g/mol. The van der Waals surface area contributed by atoms with E-state index in [0.29, 0.717) is 41.6 Å². The van der Waals surface area contributed by atoms with E-state index in [-0.39, 0.29) is 10.8 Å². The third-order valence-electron chi connectivity index (χ3n) is 5.76. The molecule has 0 atom stereocenters. The van der Waals surface area contributed by atoms with Gasteiger partial charge in [-0.25, -0.2) is 13.4 Å². The standard InChI is InChI=1S/C26H23N3O4S/c30-25(28-20-11-8-12-21(17-20)34(31,32)29-15-6-7-16-29)22-13-4-5-14-23(22)26-27-18-24(33-26)19-9-2-1-3-10-19/h1-5,8-14,17-18H,6-7,15-16H2,(H,28,30). The topological polar surface area (TPSA) is 92.5 Å². The molecule has 34 heavy (non-hydrogen) atoms. The van der Waals surface area contributed by atoms with Gasteiger partial charge in [-0.2, -0.15) is 4.31 Å². The number of nitrogens with zero attached hydrogens (tertiary/aromatic N) is 2. The van der Waals surface area contributed by atoms with Crippen molar-refractivity contribution in [2.24, 2.45) is 0 Å². The van der Waals surface area contributed by atoms with Crippen LogP contribution in [0.4, 0.5) is 5.69 Å². The molecule has 5 rings (SSSR count). The van der Waals surface area contributed by atoms with Crippen LogP contribution in [0.15, 0.2) is 94.4 Å². The zero-order valence-corrected chi connectivity index (χ0v) is 19.2. The third-order valence-corrected chi connectivity index (χ3v) is 7.66. The molecule has 8 heteroatoms. The van der Waals surface area contributed by atoms with Gasteiger partial charge in [-0.1, -0.05) is 48.5 Å². The summed E-state index contributed by atoms with van der Waals surface area (Å²) in [6, 6.07) is 23.0. The Hall–Kier alpha value is -3.75. The van der Waals surface area contributed by atoms with E-state index in [1.54, 1.807) is 42.6 Å². The van der Waals surface area contributed by atoms with Crippen LogP contribution in [0.2, 0.25) is 0 Å². The maximum Gasteiger partial charge on any atom is 0.256 e. The molecule has 4 aromatic rings. The first-order valence-corrected chi connectivity index (χ1v) is 12.5. The van der Waals surface area contributed by atoms with Crippen molar-refractivity contribution >= 4 is 21.6 Å². The molecule has 0 bridgehead atoms. The van der Waals surface area contributed by atoms with Crippen molar-refractivity contribution in [2.75, 3.05) is 18.4 Å². The molecule has 1 saturated heterocycles.